The van der Waals surface area contributed by atoms with E-state index in [1.807, 2.05) is 19.1 Å². The summed E-state index contributed by atoms with van der Waals surface area (Å²) in [5.41, 5.74) is 8.26. The van der Waals surface area contributed by atoms with Crippen molar-refractivity contribution in [3.05, 3.63) is 29.8 Å². The first-order valence-corrected chi connectivity index (χ1v) is 7.44. The number of carbonyl (C=O) groups excluding carboxylic acids is 1. The fraction of sp³-hybridized carbons (Fsp3) is 0.562. The molecule has 0 bridgehead atoms. The fourth-order valence-electron chi connectivity index (χ4n) is 2.25. The lowest BCUT2D eigenvalue weighted by molar-refractivity contribution is -0.122. The van der Waals surface area contributed by atoms with Crippen molar-refractivity contribution in [2.75, 3.05) is 24.5 Å². The molecule has 0 fully saturated rings. The van der Waals surface area contributed by atoms with Crippen molar-refractivity contribution < 1.29 is 4.79 Å². The van der Waals surface area contributed by atoms with Gasteiger partial charge in [-0.2, -0.15) is 0 Å². The van der Waals surface area contributed by atoms with Gasteiger partial charge in [-0.1, -0.05) is 31.5 Å². The van der Waals surface area contributed by atoms with Gasteiger partial charge in [0.2, 0.25) is 5.91 Å². The quantitative estimate of drug-likeness (QED) is 0.765. The van der Waals surface area contributed by atoms with Crippen LogP contribution in [0.3, 0.4) is 0 Å². The highest BCUT2D eigenvalue weighted by atomic mass is 16.2. The SMILES string of the molecule is CCCC(N)C(=O)NCCN(CC)c1ccccc1C. The normalized spacial score (nSPS) is 12.0. The number of nitrogens with two attached hydrogens (primary N) is 1. The van der Waals surface area contributed by atoms with Crippen molar-refractivity contribution in [3.63, 3.8) is 0 Å². The van der Waals surface area contributed by atoms with Crippen LogP contribution in [0.5, 0.6) is 0 Å². The Bertz CT molecular complexity index is 420. The summed E-state index contributed by atoms with van der Waals surface area (Å²) in [6.07, 6.45) is 1.67. The number of amides is 1. The highest BCUT2D eigenvalue weighted by Gasteiger charge is 2.12. The summed E-state index contributed by atoms with van der Waals surface area (Å²) in [5.74, 6) is -0.0484. The van der Waals surface area contributed by atoms with E-state index in [1.165, 1.54) is 11.3 Å². The number of anilines is 1. The van der Waals surface area contributed by atoms with E-state index in [0.29, 0.717) is 6.54 Å². The average molecular weight is 277 g/mol. The molecule has 0 heterocycles. The highest BCUT2D eigenvalue weighted by molar-refractivity contribution is 5.81. The maximum Gasteiger partial charge on any atom is 0.236 e. The van der Waals surface area contributed by atoms with E-state index in [4.69, 9.17) is 5.73 Å². The Hall–Kier alpha value is -1.55. The molecule has 0 aliphatic rings. The summed E-state index contributed by atoms with van der Waals surface area (Å²) in [6, 6.07) is 7.92. The maximum absolute atomic E-state index is 11.8. The summed E-state index contributed by atoms with van der Waals surface area (Å²) >= 11 is 0. The fourth-order valence-corrected chi connectivity index (χ4v) is 2.25. The zero-order chi connectivity index (χ0) is 15.0. The molecule has 1 amide bonds. The number of carbonyl (C=O) groups is 1. The number of para-hydroxylation sites is 1. The van der Waals surface area contributed by atoms with Crippen LogP contribution < -0.4 is 16.0 Å². The molecular weight excluding hydrogens is 250 g/mol. The summed E-state index contributed by atoms with van der Waals surface area (Å²) in [5, 5.41) is 2.92. The van der Waals surface area contributed by atoms with Crippen LogP contribution in [0.1, 0.15) is 32.3 Å². The largest absolute Gasteiger partial charge is 0.370 e. The Morgan fingerprint density at radius 3 is 2.65 bits per heavy atom. The molecule has 112 valence electrons. The van der Waals surface area contributed by atoms with Crippen molar-refractivity contribution >= 4 is 11.6 Å². The number of benzene rings is 1. The molecule has 1 aromatic carbocycles. The number of likely N-dealkylation sites (N-methyl/N-ethyl adjacent to an activating group) is 1. The van der Waals surface area contributed by atoms with Crippen LogP contribution in [0.25, 0.3) is 0 Å². The Morgan fingerprint density at radius 2 is 2.05 bits per heavy atom. The second kappa shape index (κ2) is 8.59. The Balaban J connectivity index is 2.47. The number of aryl methyl sites for hydroxylation is 1. The van der Waals surface area contributed by atoms with E-state index >= 15 is 0 Å². The van der Waals surface area contributed by atoms with Crippen LogP contribution in [0.15, 0.2) is 24.3 Å². The zero-order valence-corrected chi connectivity index (χ0v) is 12.9. The van der Waals surface area contributed by atoms with Crippen molar-refractivity contribution in [1.29, 1.82) is 0 Å². The lowest BCUT2D eigenvalue weighted by atomic mass is 10.1. The summed E-state index contributed by atoms with van der Waals surface area (Å²) in [4.78, 5) is 14.0. The van der Waals surface area contributed by atoms with Gasteiger partial charge in [0.05, 0.1) is 6.04 Å². The minimum Gasteiger partial charge on any atom is -0.370 e. The molecular formula is C16H27N3O. The van der Waals surface area contributed by atoms with Gasteiger partial charge in [-0.3, -0.25) is 4.79 Å². The second-order valence-corrected chi connectivity index (χ2v) is 5.05. The van der Waals surface area contributed by atoms with Gasteiger partial charge in [-0.15, -0.1) is 0 Å². The number of rotatable bonds is 8. The maximum atomic E-state index is 11.8. The van der Waals surface area contributed by atoms with Gasteiger partial charge in [0, 0.05) is 25.3 Å². The molecule has 1 aromatic rings. The third kappa shape index (κ3) is 4.85. The van der Waals surface area contributed by atoms with Gasteiger partial charge < -0.3 is 16.0 Å². The lowest BCUT2D eigenvalue weighted by Crippen LogP contribution is -2.43. The van der Waals surface area contributed by atoms with E-state index in [0.717, 1.165) is 25.9 Å². The van der Waals surface area contributed by atoms with Gasteiger partial charge in [-0.05, 0) is 31.9 Å². The number of nitrogens with one attached hydrogen (secondary N) is 1. The number of hydrogen-bond donors (Lipinski definition) is 2. The molecule has 0 radical (unpaired) electrons. The first-order valence-electron chi connectivity index (χ1n) is 7.44. The second-order valence-electron chi connectivity index (χ2n) is 5.05. The third-order valence-electron chi connectivity index (χ3n) is 3.46. The van der Waals surface area contributed by atoms with E-state index in [2.05, 4.69) is 36.2 Å². The Labute approximate surface area is 122 Å². The molecule has 0 saturated heterocycles. The third-order valence-corrected chi connectivity index (χ3v) is 3.46. The zero-order valence-electron chi connectivity index (χ0n) is 12.9. The van der Waals surface area contributed by atoms with Crippen molar-refractivity contribution in [3.8, 4) is 0 Å². The van der Waals surface area contributed by atoms with Crippen molar-refractivity contribution in [1.82, 2.24) is 5.32 Å². The molecule has 4 heteroatoms. The molecule has 1 rings (SSSR count). The predicted molar refractivity (Wildman–Crippen MR) is 85.0 cm³/mol. The van der Waals surface area contributed by atoms with Gasteiger partial charge in [0.1, 0.15) is 0 Å². The minimum atomic E-state index is -0.381. The van der Waals surface area contributed by atoms with Crippen LogP contribution in [0.2, 0.25) is 0 Å². The first kappa shape index (κ1) is 16.5. The molecule has 0 aliphatic carbocycles. The number of nitrogens with zero attached hydrogens (tertiary/aromatic N) is 1. The van der Waals surface area contributed by atoms with Crippen molar-refractivity contribution in [2.45, 2.75) is 39.7 Å². The van der Waals surface area contributed by atoms with E-state index < -0.39 is 0 Å². The van der Waals surface area contributed by atoms with Gasteiger partial charge >= 0.3 is 0 Å². The van der Waals surface area contributed by atoms with E-state index in [1.54, 1.807) is 0 Å². The van der Waals surface area contributed by atoms with Gasteiger partial charge in [0.25, 0.3) is 0 Å². The molecule has 0 aromatic heterocycles. The summed E-state index contributed by atoms with van der Waals surface area (Å²) in [6.45, 7) is 8.60. The smallest absolute Gasteiger partial charge is 0.236 e. The van der Waals surface area contributed by atoms with Gasteiger partial charge in [-0.25, -0.2) is 0 Å². The Kier molecular flexibility index (Phi) is 7.09. The topological polar surface area (TPSA) is 58.4 Å². The van der Waals surface area contributed by atoms with Crippen molar-refractivity contribution in [2.24, 2.45) is 5.73 Å². The summed E-state index contributed by atoms with van der Waals surface area (Å²) in [7, 11) is 0. The van der Waals surface area contributed by atoms with Crippen LogP contribution in [0.4, 0.5) is 5.69 Å². The van der Waals surface area contributed by atoms with E-state index in [-0.39, 0.29) is 11.9 Å². The monoisotopic (exact) mass is 277 g/mol. The number of hydrogen-bond acceptors (Lipinski definition) is 3. The lowest BCUT2D eigenvalue weighted by Gasteiger charge is -2.25. The molecule has 0 aliphatic heterocycles. The minimum absolute atomic E-state index is 0.0484. The molecule has 3 N–H and O–H groups in total. The van der Waals surface area contributed by atoms with Crippen LogP contribution >= 0.6 is 0 Å². The first-order chi connectivity index (χ1) is 9.60. The van der Waals surface area contributed by atoms with E-state index in [9.17, 15) is 4.79 Å². The summed E-state index contributed by atoms with van der Waals surface area (Å²) < 4.78 is 0. The van der Waals surface area contributed by atoms with Crippen LogP contribution in [-0.2, 0) is 4.79 Å². The molecule has 20 heavy (non-hydrogen) atoms. The molecule has 1 atom stereocenters. The van der Waals surface area contributed by atoms with Crippen LogP contribution in [0, 0.1) is 6.92 Å². The van der Waals surface area contributed by atoms with Gasteiger partial charge in [0.15, 0.2) is 0 Å². The highest BCUT2D eigenvalue weighted by Crippen LogP contribution is 2.18. The molecule has 0 saturated carbocycles. The Morgan fingerprint density at radius 1 is 1.35 bits per heavy atom. The predicted octanol–water partition coefficient (Wildman–Crippen LogP) is 2.06. The van der Waals surface area contributed by atoms with Crippen LogP contribution in [-0.4, -0.2) is 31.6 Å². The average Bonchev–Trinajstić information content (AvgIpc) is 2.44. The molecule has 1 unspecified atom stereocenters. The molecule has 0 spiro atoms. The standard InChI is InChI=1S/C16H27N3O/c1-4-8-14(17)16(20)18-11-12-19(5-2)15-10-7-6-9-13(15)3/h6-7,9-10,14H,4-5,8,11-12,17H2,1-3H3,(H,18,20). The molecule has 4 nitrogen and oxygen atoms in total.